The predicted molar refractivity (Wildman–Crippen MR) is 120 cm³/mol. The summed E-state index contributed by atoms with van der Waals surface area (Å²) in [5, 5.41) is 2.68. The molecule has 0 bridgehead atoms. The van der Waals surface area contributed by atoms with Gasteiger partial charge in [0, 0.05) is 5.69 Å². The quantitative estimate of drug-likeness (QED) is 0.523. The van der Waals surface area contributed by atoms with Gasteiger partial charge in [-0.1, -0.05) is 0 Å². The Labute approximate surface area is 186 Å². The second-order valence-electron chi connectivity index (χ2n) is 6.67. The molecule has 0 aromatic heterocycles. The molecule has 3 aromatic rings. The zero-order valence-electron chi connectivity index (χ0n) is 17.6. The van der Waals surface area contributed by atoms with Crippen molar-refractivity contribution in [3.8, 4) is 11.5 Å². The van der Waals surface area contributed by atoms with Crippen LogP contribution in [0.2, 0.25) is 0 Å². The lowest BCUT2D eigenvalue weighted by Crippen LogP contribution is -2.38. The lowest BCUT2D eigenvalue weighted by atomic mass is 10.3. The molecule has 0 aliphatic carbocycles. The summed E-state index contributed by atoms with van der Waals surface area (Å²) in [5.74, 6) is 0.0832. The second kappa shape index (κ2) is 10.1. The molecule has 0 atom stereocenters. The monoisotopic (exact) mass is 458 g/mol. The first kappa shape index (κ1) is 23.1. The van der Waals surface area contributed by atoms with E-state index < -0.39 is 28.3 Å². The van der Waals surface area contributed by atoms with Gasteiger partial charge < -0.3 is 14.8 Å². The van der Waals surface area contributed by atoms with Gasteiger partial charge in [-0.15, -0.1) is 0 Å². The van der Waals surface area contributed by atoms with Gasteiger partial charge in [0.1, 0.15) is 23.9 Å². The highest BCUT2D eigenvalue weighted by Gasteiger charge is 2.27. The molecule has 0 saturated heterocycles. The molecule has 3 rings (SSSR count). The van der Waals surface area contributed by atoms with Crippen LogP contribution in [-0.2, 0) is 14.8 Å². The van der Waals surface area contributed by atoms with Crippen LogP contribution in [0.25, 0.3) is 0 Å². The fourth-order valence-corrected chi connectivity index (χ4v) is 4.35. The zero-order chi connectivity index (χ0) is 23.1. The Morgan fingerprint density at radius 1 is 0.938 bits per heavy atom. The van der Waals surface area contributed by atoms with Crippen LogP contribution in [0, 0.1) is 5.82 Å². The van der Waals surface area contributed by atoms with E-state index in [9.17, 15) is 17.6 Å². The third-order valence-electron chi connectivity index (χ3n) is 4.50. The van der Waals surface area contributed by atoms with E-state index in [-0.39, 0.29) is 10.6 Å². The van der Waals surface area contributed by atoms with E-state index in [1.54, 1.807) is 36.4 Å². The SMILES string of the molecule is CCOc1ccc(NC(=O)CN(c2ccc(OC)cc2)S(=O)(=O)c2ccc(F)cc2)cc1. The van der Waals surface area contributed by atoms with E-state index in [2.05, 4.69) is 5.32 Å². The number of nitrogens with zero attached hydrogens (tertiary/aromatic N) is 1. The van der Waals surface area contributed by atoms with Crippen molar-refractivity contribution in [3.05, 3.63) is 78.6 Å². The van der Waals surface area contributed by atoms with Crippen molar-refractivity contribution in [2.24, 2.45) is 0 Å². The summed E-state index contributed by atoms with van der Waals surface area (Å²) in [6.45, 7) is 1.90. The largest absolute Gasteiger partial charge is 0.497 e. The van der Waals surface area contributed by atoms with E-state index >= 15 is 0 Å². The first-order chi connectivity index (χ1) is 15.3. The standard InChI is InChI=1S/C23H23FN2O5S/c1-3-31-21-10-6-18(7-11-21)25-23(27)16-26(19-8-12-20(30-2)13-9-19)32(28,29)22-14-4-17(24)5-15-22/h4-15H,3,16H2,1-2H3,(H,25,27). The summed E-state index contributed by atoms with van der Waals surface area (Å²) in [4.78, 5) is 12.6. The van der Waals surface area contributed by atoms with Crippen LogP contribution in [0.1, 0.15) is 6.92 Å². The Morgan fingerprint density at radius 2 is 1.53 bits per heavy atom. The third-order valence-corrected chi connectivity index (χ3v) is 6.29. The summed E-state index contributed by atoms with van der Waals surface area (Å²) in [6.07, 6.45) is 0. The number of sulfonamides is 1. The molecule has 0 fully saturated rings. The van der Waals surface area contributed by atoms with E-state index in [0.29, 0.717) is 23.8 Å². The zero-order valence-corrected chi connectivity index (χ0v) is 18.4. The number of benzene rings is 3. The Balaban J connectivity index is 1.87. The highest BCUT2D eigenvalue weighted by molar-refractivity contribution is 7.92. The minimum atomic E-state index is -4.15. The molecule has 1 N–H and O–H groups in total. The molecule has 9 heteroatoms. The smallest absolute Gasteiger partial charge is 0.264 e. The maximum atomic E-state index is 13.3. The highest BCUT2D eigenvalue weighted by Crippen LogP contribution is 2.26. The molecule has 0 saturated carbocycles. The molecule has 0 radical (unpaired) electrons. The van der Waals surface area contributed by atoms with Crippen LogP contribution in [0.15, 0.2) is 77.7 Å². The predicted octanol–water partition coefficient (Wildman–Crippen LogP) is 4.07. The molecular weight excluding hydrogens is 435 g/mol. The fraction of sp³-hybridized carbons (Fsp3) is 0.174. The number of carbonyl (C=O) groups is 1. The number of amides is 1. The first-order valence-corrected chi connectivity index (χ1v) is 11.2. The van der Waals surface area contributed by atoms with Gasteiger partial charge in [0.2, 0.25) is 5.91 Å². The van der Waals surface area contributed by atoms with E-state index in [0.717, 1.165) is 28.6 Å². The highest BCUT2D eigenvalue weighted by atomic mass is 32.2. The topological polar surface area (TPSA) is 84.9 Å². The summed E-state index contributed by atoms with van der Waals surface area (Å²) in [6, 6.07) is 17.4. The van der Waals surface area contributed by atoms with Gasteiger partial charge in [-0.2, -0.15) is 0 Å². The third kappa shape index (κ3) is 5.55. The van der Waals surface area contributed by atoms with E-state index in [4.69, 9.17) is 9.47 Å². The van der Waals surface area contributed by atoms with Gasteiger partial charge in [0.15, 0.2) is 0 Å². The van der Waals surface area contributed by atoms with Gasteiger partial charge in [0.05, 0.1) is 24.3 Å². The normalized spacial score (nSPS) is 11.0. The van der Waals surface area contributed by atoms with Crippen molar-refractivity contribution in [1.82, 2.24) is 0 Å². The molecule has 32 heavy (non-hydrogen) atoms. The number of methoxy groups -OCH3 is 1. The molecule has 1 amide bonds. The Hall–Kier alpha value is -3.59. The van der Waals surface area contributed by atoms with Crippen LogP contribution < -0.4 is 19.1 Å². The minimum Gasteiger partial charge on any atom is -0.497 e. The minimum absolute atomic E-state index is 0.136. The molecule has 0 heterocycles. The van der Waals surface area contributed by atoms with Crippen molar-refractivity contribution >= 4 is 27.3 Å². The average Bonchev–Trinajstić information content (AvgIpc) is 2.79. The summed E-state index contributed by atoms with van der Waals surface area (Å²) in [5.41, 5.74) is 0.754. The molecule has 3 aromatic carbocycles. The van der Waals surface area contributed by atoms with Crippen LogP contribution >= 0.6 is 0 Å². The fourth-order valence-electron chi connectivity index (χ4n) is 2.93. The molecule has 0 unspecified atom stereocenters. The number of anilines is 2. The molecule has 0 aliphatic heterocycles. The van der Waals surface area contributed by atoms with E-state index in [1.807, 2.05) is 6.92 Å². The van der Waals surface area contributed by atoms with Gasteiger partial charge >= 0.3 is 0 Å². The van der Waals surface area contributed by atoms with Gasteiger partial charge in [-0.25, -0.2) is 12.8 Å². The number of halogens is 1. The number of nitrogens with one attached hydrogen (secondary N) is 1. The van der Waals surface area contributed by atoms with Crippen LogP contribution in [0.5, 0.6) is 11.5 Å². The van der Waals surface area contributed by atoms with Gasteiger partial charge in [0.25, 0.3) is 10.0 Å². The Bertz CT molecular complexity index is 1150. The lowest BCUT2D eigenvalue weighted by Gasteiger charge is -2.24. The number of hydrogen-bond donors (Lipinski definition) is 1. The van der Waals surface area contributed by atoms with Crippen LogP contribution in [0.3, 0.4) is 0 Å². The molecular formula is C23H23FN2O5S. The molecule has 168 valence electrons. The molecule has 7 nitrogen and oxygen atoms in total. The maximum absolute atomic E-state index is 13.3. The van der Waals surface area contributed by atoms with Crippen molar-refractivity contribution in [3.63, 3.8) is 0 Å². The van der Waals surface area contributed by atoms with Crippen molar-refractivity contribution < 1.29 is 27.1 Å². The summed E-state index contributed by atoms with van der Waals surface area (Å²) in [7, 11) is -2.65. The first-order valence-electron chi connectivity index (χ1n) is 9.78. The lowest BCUT2D eigenvalue weighted by molar-refractivity contribution is -0.114. The van der Waals surface area contributed by atoms with Crippen LogP contribution in [0.4, 0.5) is 15.8 Å². The molecule has 0 aliphatic rings. The number of carbonyl (C=O) groups excluding carboxylic acids is 1. The number of hydrogen-bond acceptors (Lipinski definition) is 5. The van der Waals surface area contributed by atoms with Gasteiger partial charge in [-0.3, -0.25) is 9.10 Å². The summed E-state index contributed by atoms with van der Waals surface area (Å²) < 4.78 is 51.3. The van der Waals surface area contributed by atoms with Crippen molar-refractivity contribution in [2.75, 3.05) is 29.9 Å². The second-order valence-corrected chi connectivity index (χ2v) is 8.53. The van der Waals surface area contributed by atoms with Crippen molar-refractivity contribution in [2.45, 2.75) is 11.8 Å². The Morgan fingerprint density at radius 3 is 2.09 bits per heavy atom. The maximum Gasteiger partial charge on any atom is 0.264 e. The van der Waals surface area contributed by atoms with Crippen LogP contribution in [-0.4, -0.2) is 34.6 Å². The number of ether oxygens (including phenoxy) is 2. The molecule has 0 spiro atoms. The van der Waals surface area contributed by atoms with E-state index in [1.165, 1.54) is 19.2 Å². The number of rotatable bonds is 9. The average molecular weight is 459 g/mol. The van der Waals surface area contributed by atoms with Crippen molar-refractivity contribution in [1.29, 1.82) is 0 Å². The van der Waals surface area contributed by atoms with Gasteiger partial charge in [-0.05, 0) is 79.7 Å². The Kier molecular flexibility index (Phi) is 7.32. The summed E-state index contributed by atoms with van der Waals surface area (Å²) >= 11 is 0.